The maximum Gasteiger partial charge on any atom is 0.198 e. The Bertz CT molecular complexity index is 947. The highest BCUT2D eigenvalue weighted by molar-refractivity contribution is 5.99. The number of anilines is 1. The van der Waals surface area contributed by atoms with Crippen LogP contribution in [0.3, 0.4) is 0 Å². The van der Waals surface area contributed by atoms with Gasteiger partial charge in [-0.1, -0.05) is 48.5 Å². The Labute approximate surface area is 151 Å². The van der Waals surface area contributed by atoms with Gasteiger partial charge in [0.2, 0.25) is 0 Å². The molecule has 0 aliphatic carbocycles. The van der Waals surface area contributed by atoms with Crippen LogP contribution in [0.15, 0.2) is 77.4 Å². The summed E-state index contributed by atoms with van der Waals surface area (Å²) < 4.78 is 5.27. The molecule has 0 unspecified atom stereocenters. The van der Waals surface area contributed by atoms with E-state index in [1.165, 1.54) is 6.26 Å². The van der Waals surface area contributed by atoms with Crippen LogP contribution in [0.1, 0.15) is 40.9 Å². The van der Waals surface area contributed by atoms with Crippen molar-refractivity contribution in [2.75, 3.05) is 5.32 Å². The number of fused-ring (bicyclic) bond motifs is 1. The van der Waals surface area contributed by atoms with Gasteiger partial charge >= 0.3 is 0 Å². The predicted molar refractivity (Wildman–Crippen MR) is 99.3 cm³/mol. The van der Waals surface area contributed by atoms with E-state index < -0.39 is 5.54 Å². The van der Waals surface area contributed by atoms with Crippen molar-refractivity contribution >= 4 is 17.3 Å². The molecule has 4 nitrogen and oxygen atoms in total. The molecule has 2 heterocycles. The fourth-order valence-electron chi connectivity index (χ4n) is 3.94. The number of hydrogen-bond acceptors (Lipinski definition) is 4. The monoisotopic (exact) mass is 345 g/mol. The molecule has 2 atom stereocenters. The summed E-state index contributed by atoms with van der Waals surface area (Å²) in [6, 6.07) is 20.8. The van der Waals surface area contributed by atoms with E-state index in [0.29, 0.717) is 5.76 Å². The molecule has 26 heavy (non-hydrogen) atoms. The van der Waals surface area contributed by atoms with Gasteiger partial charge < -0.3 is 9.73 Å². The Morgan fingerprint density at radius 2 is 1.73 bits per heavy atom. The number of hydrogen-bond donors (Lipinski definition) is 1. The first kappa shape index (κ1) is 16.3. The van der Waals surface area contributed by atoms with Crippen LogP contribution in [0.4, 0.5) is 5.69 Å². The molecule has 1 aliphatic heterocycles. The maximum atomic E-state index is 12.9. The first-order valence-electron chi connectivity index (χ1n) is 8.63. The molecule has 130 valence electrons. The van der Waals surface area contributed by atoms with E-state index >= 15 is 0 Å². The Balaban J connectivity index is 1.84. The van der Waals surface area contributed by atoms with Gasteiger partial charge in [0.05, 0.1) is 6.26 Å². The van der Waals surface area contributed by atoms with Gasteiger partial charge in [0.25, 0.3) is 0 Å². The summed E-state index contributed by atoms with van der Waals surface area (Å²) in [6.45, 7) is 1.58. The molecule has 0 fully saturated rings. The van der Waals surface area contributed by atoms with Crippen molar-refractivity contribution in [3.05, 3.63) is 89.9 Å². The molecule has 4 rings (SSSR count). The number of nitrogens with one attached hydrogen (secondary N) is 1. The van der Waals surface area contributed by atoms with Crippen LogP contribution >= 0.6 is 0 Å². The number of benzene rings is 2. The van der Waals surface area contributed by atoms with E-state index in [9.17, 15) is 9.59 Å². The predicted octanol–water partition coefficient (Wildman–Crippen LogP) is 4.55. The van der Waals surface area contributed by atoms with E-state index in [2.05, 4.69) is 5.32 Å². The minimum Gasteiger partial charge on any atom is -0.461 e. The highest BCUT2D eigenvalue weighted by Gasteiger charge is 2.51. The van der Waals surface area contributed by atoms with Crippen LogP contribution in [0.2, 0.25) is 0 Å². The fourth-order valence-corrected chi connectivity index (χ4v) is 3.94. The van der Waals surface area contributed by atoms with E-state index in [1.54, 1.807) is 19.1 Å². The summed E-state index contributed by atoms with van der Waals surface area (Å²) in [5.41, 5.74) is 1.77. The number of Topliss-reactive ketones (excluding diaryl/α,β-unsaturated/α-hetero) is 2. The Hall–Kier alpha value is -3.14. The van der Waals surface area contributed by atoms with Crippen molar-refractivity contribution in [3.63, 3.8) is 0 Å². The Morgan fingerprint density at radius 1 is 1.00 bits per heavy atom. The average Bonchev–Trinajstić information content (AvgIpc) is 3.30. The van der Waals surface area contributed by atoms with Crippen LogP contribution < -0.4 is 5.32 Å². The Morgan fingerprint density at radius 3 is 2.42 bits per heavy atom. The second-order valence-electron chi connectivity index (χ2n) is 6.60. The van der Waals surface area contributed by atoms with Gasteiger partial charge in [0, 0.05) is 18.0 Å². The van der Waals surface area contributed by atoms with Gasteiger partial charge in [0.15, 0.2) is 17.3 Å². The first-order chi connectivity index (χ1) is 12.6. The molecule has 0 saturated heterocycles. The summed E-state index contributed by atoms with van der Waals surface area (Å²) in [7, 11) is 0. The first-order valence-corrected chi connectivity index (χ1v) is 8.63. The van der Waals surface area contributed by atoms with E-state index in [4.69, 9.17) is 4.42 Å². The van der Waals surface area contributed by atoms with Crippen molar-refractivity contribution in [1.29, 1.82) is 0 Å². The topological polar surface area (TPSA) is 59.3 Å². The zero-order chi connectivity index (χ0) is 18.1. The normalized spacial score (nSPS) is 21.0. The standard InChI is InChI=1S/C22H19NO3/c1-15(24)22(16-8-3-2-4-9-16)18(14-20(25)21-12-7-13-26-21)17-10-5-6-11-19(17)23-22/h2-13,18,23H,14H2,1H3/t18-,22-/m1/s1. The molecule has 0 radical (unpaired) electrons. The third kappa shape index (κ3) is 2.46. The molecule has 0 amide bonds. The molecule has 0 bridgehead atoms. The molecule has 3 aromatic rings. The molecular weight excluding hydrogens is 326 g/mol. The number of rotatable bonds is 5. The number of ketones is 2. The van der Waals surface area contributed by atoms with Crippen LogP contribution in [0.25, 0.3) is 0 Å². The molecule has 1 aliphatic rings. The van der Waals surface area contributed by atoms with Gasteiger partial charge in [-0.2, -0.15) is 0 Å². The minimum absolute atomic E-state index is 0.0165. The summed E-state index contributed by atoms with van der Waals surface area (Å²) in [4.78, 5) is 25.7. The fraction of sp³-hybridized carbons (Fsp3) is 0.182. The van der Waals surface area contributed by atoms with Crippen LogP contribution in [-0.2, 0) is 10.3 Å². The lowest BCUT2D eigenvalue weighted by atomic mass is 9.72. The number of carbonyl (C=O) groups is 2. The number of furan rings is 1. The van der Waals surface area contributed by atoms with Crippen LogP contribution in [-0.4, -0.2) is 11.6 Å². The van der Waals surface area contributed by atoms with E-state index in [1.807, 2.05) is 54.6 Å². The van der Waals surface area contributed by atoms with Gasteiger partial charge in [-0.3, -0.25) is 9.59 Å². The van der Waals surface area contributed by atoms with Gasteiger partial charge in [-0.25, -0.2) is 0 Å². The molecule has 1 N–H and O–H groups in total. The number of para-hydroxylation sites is 1. The van der Waals surface area contributed by atoms with Crippen LogP contribution in [0, 0.1) is 0 Å². The molecule has 4 heteroatoms. The molecule has 0 saturated carbocycles. The third-order valence-electron chi connectivity index (χ3n) is 5.16. The smallest absolute Gasteiger partial charge is 0.198 e. The van der Waals surface area contributed by atoms with Crippen molar-refractivity contribution in [2.45, 2.75) is 24.8 Å². The summed E-state index contributed by atoms with van der Waals surface area (Å²) >= 11 is 0. The average molecular weight is 345 g/mol. The lowest BCUT2D eigenvalue weighted by Gasteiger charge is -2.34. The maximum absolute atomic E-state index is 12.9. The molecule has 0 spiro atoms. The molecule has 1 aromatic heterocycles. The van der Waals surface area contributed by atoms with Gasteiger partial charge in [-0.15, -0.1) is 0 Å². The van der Waals surface area contributed by atoms with Crippen molar-refractivity contribution in [2.24, 2.45) is 0 Å². The minimum atomic E-state index is -0.965. The zero-order valence-electron chi connectivity index (χ0n) is 14.4. The lowest BCUT2D eigenvalue weighted by Crippen LogP contribution is -2.44. The lowest BCUT2D eigenvalue weighted by molar-refractivity contribution is -0.122. The summed E-state index contributed by atoms with van der Waals surface area (Å²) in [5.74, 6) is -0.117. The summed E-state index contributed by atoms with van der Waals surface area (Å²) in [5, 5.41) is 3.43. The largest absolute Gasteiger partial charge is 0.461 e. The summed E-state index contributed by atoms with van der Waals surface area (Å²) in [6.07, 6.45) is 1.68. The van der Waals surface area contributed by atoms with E-state index in [0.717, 1.165) is 16.8 Å². The highest BCUT2D eigenvalue weighted by atomic mass is 16.3. The van der Waals surface area contributed by atoms with Crippen molar-refractivity contribution < 1.29 is 14.0 Å². The van der Waals surface area contributed by atoms with Crippen LogP contribution in [0.5, 0.6) is 0 Å². The second-order valence-corrected chi connectivity index (χ2v) is 6.60. The van der Waals surface area contributed by atoms with Crippen molar-refractivity contribution in [1.82, 2.24) is 0 Å². The SMILES string of the molecule is CC(=O)[C@]1(c2ccccc2)Nc2ccccc2[C@H]1CC(=O)c1ccco1. The molecule has 2 aromatic carbocycles. The van der Waals surface area contributed by atoms with Gasteiger partial charge in [-0.05, 0) is 36.2 Å². The zero-order valence-corrected chi connectivity index (χ0v) is 14.4. The van der Waals surface area contributed by atoms with Crippen molar-refractivity contribution in [3.8, 4) is 0 Å². The number of carbonyl (C=O) groups excluding carboxylic acids is 2. The molecular formula is C22H19NO3. The highest BCUT2D eigenvalue weighted by Crippen LogP contribution is 2.51. The van der Waals surface area contributed by atoms with E-state index in [-0.39, 0.29) is 23.9 Å². The van der Waals surface area contributed by atoms with Gasteiger partial charge in [0.1, 0.15) is 5.54 Å². The second kappa shape index (κ2) is 6.30. The quantitative estimate of drug-likeness (QED) is 0.689. The third-order valence-corrected chi connectivity index (χ3v) is 5.16. The Kier molecular flexibility index (Phi) is 3.96.